The van der Waals surface area contributed by atoms with E-state index in [1.165, 1.54) is 0 Å². The Bertz CT molecular complexity index is 549. The molecule has 1 aromatic carbocycles. The lowest BCUT2D eigenvalue weighted by molar-refractivity contribution is 0.00908. The fourth-order valence-corrected chi connectivity index (χ4v) is 3.01. The van der Waals surface area contributed by atoms with Crippen LogP contribution in [-0.4, -0.2) is 16.3 Å². The zero-order chi connectivity index (χ0) is 15.0. The van der Waals surface area contributed by atoms with Crippen LogP contribution in [0.1, 0.15) is 33.3 Å². The number of aliphatic hydroxyl groups is 1. The molecule has 1 aromatic rings. The molecule has 108 valence electrons. The molecule has 1 aliphatic carbocycles. The van der Waals surface area contributed by atoms with E-state index < -0.39 is 11.5 Å². The maximum absolute atomic E-state index is 10.6. The third-order valence-corrected chi connectivity index (χ3v) is 4.43. The zero-order valence-corrected chi connectivity index (χ0v) is 12.7. The maximum Gasteiger partial charge on any atom is 0.118 e. The van der Waals surface area contributed by atoms with E-state index in [1.807, 2.05) is 37.3 Å². The maximum atomic E-state index is 10.6. The van der Waals surface area contributed by atoms with Gasteiger partial charge >= 0.3 is 0 Å². The van der Waals surface area contributed by atoms with Gasteiger partial charge in [0, 0.05) is 5.41 Å². The van der Waals surface area contributed by atoms with Crippen molar-refractivity contribution >= 4 is 0 Å². The Morgan fingerprint density at radius 3 is 2.45 bits per heavy atom. The van der Waals surface area contributed by atoms with Crippen LogP contribution in [0.25, 0.3) is 0 Å². The Kier molecular flexibility index (Phi) is 3.79. The minimum absolute atomic E-state index is 0.124. The molecule has 2 heteroatoms. The number of benzene rings is 1. The van der Waals surface area contributed by atoms with E-state index in [9.17, 15) is 10.2 Å². The van der Waals surface area contributed by atoms with E-state index >= 15 is 0 Å². The number of phenols is 1. The van der Waals surface area contributed by atoms with Crippen LogP contribution < -0.4 is 0 Å². The average Bonchev–Trinajstić information content (AvgIpc) is 2.35. The van der Waals surface area contributed by atoms with E-state index in [2.05, 4.69) is 26.8 Å². The molecule has 0 fully saturated rings. The van der Waals surface area contributed by atoms with Crippen molar-refractivity contribution < 1.29 is 10.2 Å². The summed E-state index contributed by atoms with van der Waals surface area (Å²) >= 11 is 0. The van der Waals surface area contributed by atoms with Gasteiger partial charge in [-0.2, -0.15) is 0 Å². The molecule has 20 heavy (non-hydrogen) atoms. The highest BCUT2D eigenvalue weighted by atomic mass is 16.3. The van der Waals surface area contributed by atoms with Crippen molar-refractivity contribution in [1.29, 1.82) is 0 Å². The quantitative estimate of drug-likeness (QED) is 0.858. The average molecular weight is 272 g/mol. The minimum atomic E-state index is -0.550. The van der Waals surface area contributed by atoms with E-state index in [4.69, 9.17) is 0 Å². The van der Waals surface area contributed by atoms with Crippen LogP contribution in [0.3, 0.4) is 0 Å². The van der Waals surface area contributed by atoms with Crippen molar-refractivity contribution in [3.05, 3.63) is 53.6 Å². The molecule has 2 rings (SSSR count). The molecular formula is C18H24O2. The first kappa shape index (κ1) is 14.9. The fraction of sp³-hybridized carbons (Fsp3) is 0.444. The highest BCUT2D eigenvalue weighted by Gasteiger charge is 2.46. The molecule has 0 bridgehead atoms. The number of aromatic hydroxyl groups is 1. The molecule has 2 nitrogen and oxygen atoms in total. The second-order valence-corrected chi connectivity index (χ2v) is 6.79. The second kappa shape index (κ2) is 5.10. The summed E-state index contributed by atoms with van der Waals surface area (Å²) in [6.07, 6.45) is 6.04. The van der Waals surface area contributed by atoms with Gasteiger partial charge in [-0.15, -0.1) is 0 Å². The van der Waals surface area contributed by atoms with Gasteiger partial charge in [-0.3, -0.25) is 0 Å². The highest BCUT2D eigenvalue weighted by Crippen LogP contribution is 2.49. The van der Waals surface area contributed by atoms with Crippen molar-refractivity contribution in [1.82, 2.24) is 0 Å². The van der Waals surface area contributed by atoms with E-state index in [0.717, 1.165) is 11.1 Å². The van der Waals surface area contributed by atoms with Crippen LogP contribution in [0, 0.1) is 10.8 Å². The Morgan fingerprint density at radius 2 is 1.85 bits per heavy atom. The molecule has 1 aliphatic rings. The number of rotatable bonds is 2. The van der Waals surface area contributed by atoms with Crippen molar-refractivity contribution in [3.63, 3.8) is 0 Å². The van der Waals surface area contributed by atoms with Gasteiger partial charge in [0.2, 0.25) is 0 Å². The lowest BCUT2D eigenvalue weighted by Crippen LogP contribution is -2.46. The number of hydrogen-bond acceptors (Lipinski definition) is 2. The van der Waals surface area contributed by atoms with Gasteiger partial charge in [-0.25, -0.2) is 0 Å². The Balaban J connectivity index is 2.50. The molecule has 2 N–H and O–H groups in total. The molecule has 2 unspecified atom stereocenters. The highest BCUT2D eigenvalue weighted by molar-refractivity contribution is 5.38. The van der Waals surface area contributed by atoms with Gasteiger partial charge < -0.3 is 10.2 Å². The third-order valence-electron chi connectivity index (χ3n) is 4.43. The largest absolute Gasteiger partial charge is 0.508 e. The standard InChI is InChI=1S/C18H24O2/c1-13-9-10-16(20)18(11-13,17(2,3)4)12-14-7-5-6-8-15(14)19/h5-11,16,19-20H,12H2,1-4H3. The van der Waals surface area contributed by atoms with Crippen molar-refractivity contribution in [2.75, 3.05) is 0 Å². The van der Waals surface area contributed by atoms with Crippen LogP contribution in [0.2, 0.25) is 0 Å². The Labute approximate surface area is 121 Å². The lowest BCUT2D eigenvalue weighted by atomic mass is 9.58. The summed E-state index contributed by atoms with van der Waals surface area (Å²) in [7, 11) is 0. The van der Waals surface area contributed by atoms with Crippen LogP contribution in [-0.2, 0) is 6.42 Å². The monoisotopic (exact) mass is 272 g/mol. The summed E-state index contributed by atoms with van der Waals surface area (Å²) in [6.45, 7) is 8.46. The van der Waals surface area contributed by atoms with Gasteiger partial charge in [0.1, 0.15) is 5.75 Å². The van der Waals surface area contributed by atoms with Crippen LogP contribution in [0.15, 0.2) is 48.1 Å². The summed E-state index contributed by atoms with van der Waals surface area (Å²) in [5, 5.41) is 20.7. The molecule has 0 amide bonds. The van der Waals surface area contributed by atoms with Gasteiger partial charge in [0.15, 0.2) is 0 Å². The summed E-state index contributed by atoms with van der Waals surface area (Å²) in [5.41, 5.74) is 1.49. The first-order chi connectivity index (χ1) is 9.26. The molecule has 0 radical (unpaired) electrons. The van der Waals surface area contributed by atoms with Crippen LogP contribution >= 0.6 is 0 Å². The van der Waals surface area contributed by atoms with E-state index in [0.29, 0.717) is 12.2 Å². The minimum Gasteiger partial charge on any atom is -0.508 e. The van der Waals surface area contributed by atoms with Gasteiger partial charge in [0.05, 0.1) is 6.10 Å². The Morgan fingerprint density at radius 1 is 1.20 bits per heavy atom. The molecule has 0 aromatic heterocycles. The first-order valence-corrected chi connectivity index (χ1v) is 7.09. The van der Waals surface area contributed by atoms with Crippen molar-refractivity contribution in [2.24, 2.45) is 10.8 Å². The molecule has 0 aliphatic heterocycles. The van der Waals surface area contributed by atoms with Crippen LogP contribution in [0.5, 0.6) is 5.75 Å². The first-order valence-electron chi connectivity index (χ1n) is 7.09. The normalized spacial score (nSPS) is 26.4. The molecule has 0 heterocycles. The van der Waals surface area contributed by atoms with Crippen molar-refractivity contribution in [2.45, 2.75) is 40.2 Å². The smallest absolute Gasteiger partial charge is 0.118 e. The van der Waals surface area contributed by atoms with E-state index in [1.54, 1.807) is 6.07 Å². The molecule has 0 saturated carbocycles. The fourth-order valence-electron chi connectivity index (χ4n) is 3.01. The summed E-state index contributed by atoms with van der Waals surface area (Å²) in [6, 6.07) is 7.37. The van der Waals surface area contributed by atoms with Crippen molar-refractivity contribution in [3.8, 4) is 5.75 Å². The van der Waals surface area contributed by atoms with Gasteiger partial charge in [-0.1, -0.05) is 62.8 Å². The summed E-state index contributed by atoms with van der Waals surface area (Å²) in [4.78, 5) is 0. The molecular weight excluding hydrogens is 248 g/mol. The Hall–Kier alpha value is -1.54. The number of phenolic OH excluding ortho intramolecular Hbond substituents is 1. The number of allylic oxidation sites excluding steroid dienone is 2. The predicted molar refractivity (Wildman–Crippen MR) is 82.6 cm³/mol. The molecule has 0 saturated heterocycles. The van der Waals surface area contributed by atoms with Crippen LogP contribution in [0.4, 0.5) is 0 Å². The SMILES string of the molecule is CC1=CC(Cc2ccccc2O)(C(C)(C)C)C(O)C=C1. The second-order valence-electron chi connectivity index (χ2n) is 6.79. The summed E-state index contributed by atoms with van der Waals surface area (Å²) < 4.78 is 0. The number of aliphatic hydroxyl groups excluding tert-OH is 1. The zero-order valence-electron chi connectivity index (χ0n) is 12.7. The van der Waals surface area contributed by atoms with Gasteiger partial charge in [-0.05, 0) is 30.4 Å². The third kappa shape index (κ3) is 2.53. The predicted octanol–water partition coefficient (Wildman–Crippen LogP) is 3.84. The molecule has 0 spiro atoms. The summed E-state index contributed by atoms with van der Waals surface area (Å²) in [5.74, 6) is 0.295. The van der Waals surface area contributed by atoms with Gasteiger partial charge in [0.25, 0.3) is 0 Å². The number of para-hydroxylation sites is 1. The number of hydrogen-bond donors (Lipinski definition) is 2. The topological polar surface area (TPSA) is 40.5 Å². The van der Waals surface area contributed by atoms with E-state index in [-0.39, 0.29) is 5.41 Å². The lowest BCUT2D eigenvalue weighted by Gasteiger charge is -2.47. The molecule has 2 atom stereocenters.